The van der Waals surface area contributed by atoms with E-state index in [1.165, 1.54) is 18.4 Å². The predicted molar refractivity (Wildman–Crippen MR) is 132 cm³/mol. The van der Waals surface area contributed by atoms with Crippen LogP contribution < -0.4 is 15.4 Å². The third kappa shape index (κ3) is 6.48. The Hall–Kier alpha value is -2.55. The largest absolute Gasteiger partial charge is 0.496 e. The van der Waals surface area contributed by atoms with Crippen molar-refractivity contribution in [2.45, 2.75) is 18.9 Å². The van der Waals surface area contributed by atoms with Crippen LogP contribution in [0, 0.1) is 0 Å². The summed E-state index contributed by atoms with van der Waals surface area (Å²) in [5.74, 6) is 0.515. The molecule has 0 saturated heterocycles. The molecular weight excluding hydrogens is 466 g/mol. The highest BCUT2D eigenvalue weighted by Crippen LogP contribution is 2.25. The van der Waals surface area contributed by atoms with Gasteiger partial charge < -0.3 is 15.4 Å². The van der Waals surface area contributed by atoms with Crippen molar-refractivity contribution in [2.24, 2.45) is 0 Å². The number of para-hydroxylation sites is 1. The molecule has 0 saturated carbocycles. The first-order valence-electron chi connectivity index (χ1n) is 9.93. The number of thiazole rings is 1. The Labute approximate surface area is 200 Å². The van der Waals surface area contributed by atoms with Crippen molar-refractivity contribution in [3.63, 3.8) is 0 Å². The number of carbonyl (C=O) groups excluding carboxylic acids is 2. The molecule has 1 aromatic heterocycles. The smallest absolute Gasteiger partial charge is 0.255 e. The van der Waals surface area contributed by atoms with Crippen molar-refractivity contribution in [2.75, 3.05) is 24.4 Å². The second-order valence-electron chi connectivity index (χ2n) is 6.90. The van der Waals surface area contributed by atoms with Crippen LogP contribution >= 0.6 is 34.7 Å². The van der Waals surface area contributed by atoms with Gasteiger partial charge in [0.15, 0.2) is 5.13 Å². The van der Waals surface area contributed by atoms with Crippen LogP contribution in [0.25, 0.3) is 0 Å². The minimum atomic E-state index is -0.698. The average Bonchev–Trinajstić information content (AvgIpc) is 3.24. The van der Waals surface area contributed by atoms with Gasteiger partial charge in [-0.15, -0.1) is 11.3 Å². The number of halogens is 1. The van der Waals surface area contributed by atoms with Crippen molar-refractivity contribution >= 4 is 51.6 Å². The van der Waals surface area contributed by atoms with Gasteiger partial charge in [0.05, 0.1) is 12.7 Å². The van der Waals surface area contributed by atoms with Crippen molar-refractivity contribution < 1.29 is 14.3 Å². The molecule has 2 N–H and O–H groups in total. The van der Waals surface area contributed by atoms with Gasteiger partial charge in [0.2, 0.25) is 5.91 Å². The first kappa shape index (κ1) is 24.1. The summed E-state index contributed by atoms with van der Waals surface area (Å²) >= 11 is 9.24. The zero-order valence-corrected chi connectivity index (χ0v) is 20.2. The highest BCUT2D eigenvalue weighted by molar-refractivity contribution is 7.98. The van der Waals surface area contributed by atoms with Crippen molar-refractivity contribution in [1.82, 2.24) is 10.3 Å². The zero-order chi connectivity index (χ0) is 22.9. The molecule has 0 radical (unpaired) electrons. The fraction of sp³-hybridized carbons (Fsp3) is 0.261. The van der Waals surface area contributed by atoms with Crippen LogP contribution in [0.3, 0.4) is 0 Å². The number of aromatic nitrogens is 1. The molecule has 32 heavy (non-hydrogen) atoms. The van der Waals surface area contributed by atoms with Gasteiger partial charge in [-0.05, 0) is 42.2 Å². The maximum absolute atomic E-state index is 12.9. The highest BCUT2D eigenvalue weighted by Gasteiger charge is 2.23. The molecule has 0 aliphatic carbocycles. The Kier molecular flexibility index (Phi) is 8.96. The van der Waals surface area contributed by atoms with E-state index in [1.54, 1.807) is 42.2 Å². The van der Waals surface area contributed by atoms with Crippen LogP contribution in [-0.2, 0) is 11.2 Å². The van der Waals surface area contributed by atoms with Crippen LogP contribution in [0.15, 0.2) is 54.7 Å². The summed E-state index contributed by atoms with van der Waals surface area (Å²) in [6.45, 7) is 0. The molecule has 2 amide bonds. The Morgan fingerprint density at radius 3 is 2.69 bits per heavy atom. The fourth-order valence-corrected chi connectivity index (χ4v) is 4.55. The summed E-state index contributed by atoms with van der Waals surface area (Å²) in [4.78, 5) is 31.0. The molecule has 0 fully saturated rings. The van der Waals surface area contributed by atoms with Crippen molar-refractivity contribution in [1.29, 1.82) is 0 Å². The maximum atomic E-state index is 12.9. The van der Waals surface area contributed by atoms with Crippen LogP contribution in [0.4, 0.5) is 5.13 Å². The molecule has 0 bridgehead atoms. The SMILES string of the molecule is COc1ccccc1C(=O)NC(CCSC)C(=O)Nc1ncc(Cc2ccccc2Cl)s1. The number of nitrogens with one attached hydrogen (secondary N) is 2. The minimum Gasteiger partial charge on any atom is -0.496 e. The number of thioether (sulfide) groups is 1. The number of anilines is 1. The molecule has 0 aliphatic rings. The van der Waals surface area contributed by atoms with Gasteiger partial charge in [-0.1, -0.05) is 41.9 Å². The normalized spacial score (nSPS) is 11.6. The topological polar surface area (TPSA) is 80.3 Å². The Bertz CT molecular complexity index is 1070. The number of nitrogens with zero attached hydrogens (tertiary/aromatic N) is 1. The second kappa shape index (κ2) is 11.9. The summed E-state index contributed by atoms with van der Waals surface area (Å²) in [7, 11) is 1.51. The molecule has 0 spiro atoms. The number of amides is 2. The van der Waals surface area contributed by atoms with Crippen molar-refractivity contribution in [3.05, 3.63) is 75.8 Å². The van der Waals surface area contributed by atoms with Crippen LogP contribution in [0.5, 0.6) is 5.75 Å². The quantitative estimate of drug-likeness (QED) is 0.424. The Morgan fingerprint density at radius 2 is 1.94 bits per heavy atom. The monoisotopic (exact) mass is 489 g/mol. The van der Waals surface area contributed by atoms with Gasteiger partial charge in [0.25, 0.3) is 5.91 Å². The van der Waals surface area contributed by atoms with E-state index >= 15 is 0 Å². The maximum Gasteiger partial charge on any atom is 0.255 e. The fourth-order valence-electron chi connectivity index (χ4n) is 3.04. The molecular formula is C23H24ClN3O3S2. The lowest BCUT2D eigenvalue weighted by molar-refractivity contribution is -0.118. The minimum absolute atomic E-state index is 0.305. The molecule has 2 aromatic carbocycles. The lowest BCUT2D eigenvalue weighted by Gasteiger charge is -2.18. The summed E-state index contributed by atoms with van der Waals surface area (Å²) in [6.07, 6.45) is 4.81. The van der Waals surface area contributed by atoms with Crippen LogP contribution in [0.2, 0.25) is 5.02 Å². The van der Waals surface area contributed by atoms with Gasteiger partial charge in [-0.2, -0.15) is 11.8 Å². The van der Waals surface area contributed by atoms with E-state index in [0.29, 0.717) is 34.3 Å². The highest BCUT2D eigenvalue weighted by atomic mass is 35.5. The van der Waals surface area contributed by atoms with E-state index in [2.05, 4.69) is 15.6 Å². The number of rotatable bonds is 10. The average molecular weight is 490 g/mol. The summed E-state index contributed by atoms with van der Waals surface area (Å²) in [5, 5.41) is 6.85. The third-order valence-electron chi connectivity index (χ3n) is 4.69. The summed E-state index contributed by atoms with van der Waals surface area (Å²) in [6, 6.07) is 13.9. The lowest BCUT2D eigenvalue weighted by Crippen LogP contribution is -2.44. The molecule has 0 aliphatic heterocycles. The first-order chi connectivity index (χ1) is 15.5. The van der Waals surface area contributed by atoms with Gasteiger partial charge >= 0.3 is 0 Å². The second-order valence-corrected chi connectivity index (χ2v) is 9.40. The van der Waals surface area contributed by atoms with Gasteiger partial charge in [-0.3, -0.25) is 9.59 Å². The molecule has 3 rings (SSSR count). The van der Waals surface area contributed by atoms with Gasteiger partial charge in [0.1, 0.15) is 11.8 Å². The zero-order valence-electron chi connectivity index (χ0n) is 17.8. The molecule has 3 aromatic rings. The molecule has 1 unspecified atom stereocenters. The number of benzene rings is 2. The predicted octanol–water partition coefficient (Wildman–Crippen LogP) is 4.89. The number of carbonyl (C=O) groups is 2. The molecule has 6 nitrogen and oxygen atoms in total. The molecule has 9 heteroatoms. The van der Waals surface area contributed by atoms with E-state index in [9.17, 15) is 9.59 Å². The van der Waals surface area contributed by atoms with Crippen LogP contribution in [0.1, 0.15) is 27.2 Å². The van der Waals surface area contributed by atoms with E-state index in [-0.39, 0.29) is 11.8 Å². The van der Waals surface area contributed by atoms with Crippen molar-refractivity contribution in [3.8, 4) is 5.75 Å². The number of hydrogen-bond donors (Lipinski definition) is 2. The lowest BCUT2D eigenvalue weighted by atomic mass is 10.1. The first-order valence-corrected chi connectivity index (χ1v) is 12.5. The number of methoxy groups -OCH3 is 1. The Balaban J connectivity index is 1.68. The Morgan fingerprint density at radius 1 is 1.19 bits per heavy atom. The van der Waals surface area contributed by atoms with Gasteiger partial charge in [-0.25, -0.2) is 4.98 Å². The molecule has 1 atom stereocenters. The molecule has 168 valence electrons. The van der Waals surface area contributed by atoms with Crippen LogP contribution in [-0.4, -0.2) is 42.0 Å². The van der Waals surface area contributed by atoms with E-state index in [0.717, 1.165) is 16.2 Å². The third-order valence-corrected chi connectivity index (χ3v) is 6.62. The number of hydrogen-bond acceptors (Lipinski definition) is 6. The van der Waals surface area contributed by atoms with Gasteiger partial charge in [0, 0.05) is 22.5 Å². The summed E-state index contributed by atoms with van der Waals surface area (Å²) in [5.41, 5.74) is 1.38. The van der Waals surface area contributed by atoms with E-state index in [4.69, 9.17) is 16.3 Å². The van der Waals surface area contributed by atoms with E-state index in [1.807, 2.05) is 30.5 Å². The standard InChI is InChI=1S/C23H24ClN3O3S2/c1-30-20-10-6-4-8-17(20)21(28)26-19(11-12-31-2)22(29)27-23-25-14-16(32-23)13-15-7-3-5-9-18(15)24/h3-10,14,19H,11-13H2,1-2H3,(H,26,28)(H,25,27,29). The summed E-state index contributed by atoms with van der Waals surface area (Å²) < 4.78 is 5.26. The van der Waals surface area contributed by atoms with E-state index < -0.39 is 6.04 Å². The molecule has 1 heterocycles. The number of ether oxygens (including phenoxy) is 1.